The van der Waals surface area contributed by atoms with E-state index in [0.29, 0.717) is 6.54 Å². The molecule has 0 bridgehead atoms. The topological polar surface area (TPSA) is 70.7 Å². The summed E-state index contributed by atoms with van der Waals surface area (Å²) in [5.41, 5.74) is 2.10. The summed E-state index contributed by atoms with van der Waals surface area (Å²) >= 11 is 0. The summed E-state index contributed by atoms with van der Waals surface area (Å²) in [7, 11) is 1.64. The van der Waals surface area contributed by atoms with Crippen LogP contribution in [-0.2, 0) is 11.3 Å². The zero-order chi connectivity index (χ0) is 18.8. The zero-order valence-corrected chi connectivity index (χ0v) is 15.2. The molecule has 3 unspecified atom stereocenters. The number of amides is 3. The van der Waals surface area contributed by atoms with Crippen molar-refractivity contribution in [1.82, 2.24) is 15.5 Å². The first-order chi connectivity index (χ1) is 13.2. The van der Waals surface area contributed by atoms with Gasteiger partial charge in [-0.2, -0.15) is 0 Å². The van der Waals surface area contributed by atoms with Gasteiger partial charge in [-0.1, -0.05) is 42.5 Å². The van der Waals surface area contributed by atoms with Crippen LogP contribution >= 0.6 is 0 Å². The Labute approximate surface area is 158 Å². The molecule has 140 valence electrons. The Balaban J connectivity index is 1.64. The van der Waals surface area contributed by atoms with Crippen molar-refractivity contribution in [2.75, 3.05) is 13.7 Å². The minimum atomic E-state index is -0.344. The van der Waals surface area contributed by atoms with Gasteiger partial charge in [-0.25, -0.2) is 4.79 Å². The van der Waals surface area contributed by atoms with E-state index in [2.05, 4.69) is 10.6 Å². The first kappa shape index (κ1) is 17.5. The van der Waals surface area contributed by atoms with E-state index in [1.54, 1.807) is 12.0 Å². The first-order valence-corrected chi connectivity index (χ1v) is 9.20. The molecule has 0 spiro atoms. The van der Waals surface area contributed by atoms with Crippen LogP contribution in [0.5, 0.6) is 5.75 Å². The van der Waals surface area contributed by atoms with Gasteiger partial charge in [0.15, 0.2) is 0 Å². The molecule has 2 saturated heterocycles. The Morgan fingerprint density at radius 2 is 1.93 bits per heavy atom. The van der Waals surface area contributed by atoms with Crippen LogP contribution in [0.15, 0.2) is 54.6 Å². The maximum atomic E-state index is 12.7. The SMILES string of the molecule is COc1cccc(C2CCNC3C2C(=O)NC(=O)N3Cc2ccccc2)c1. The number of ether oxygens (including phenoxy) is 1. The lowest BCUT2D eigenvalue weighted by molar-refractivity contribution is -0.131. The van der Waals surface area contributed by atoms with E-state index in [9.17, 15) is 9.59 Å². The van der Waals surface area contributed by atoms with Crippen LogP contribution in [0.25, 0.3) is 0 Å². The van der Waals surface area contributed by atoms with Gasteiger partial charge in [0.1, 0.15) is 5.75 Å². The highest BCUT2D eigenvalue weighted by Gasteiger charge is 2.47. The first-order valence-electron chi connectivity index (χ1n) is 9.20. The molecule has 2 heterocycles. The number of imide groups is 1. The van der Waals surface area contributed by atoms with E-state index in [-0.39, 0.29) is 29.9 Å². The minimum Gasteiger partial charge on any atom is -0.497 e. The molecule has 2 aromatic rings. The lowest BCUT2D eigenvalue weighted by atomic mass is 9.77. The lowest BCUT2D eigenvalue weighted by Crippen LogP contribution is -2.67. The number of benzene rings is 2. The monoisotopic (exact) mass is 365 g/mol. The summed E-state index contributed by atoms with van der Waals surface area (Å²) in [6.07, 6.45) is 0.506. The molecule has 6 heteroatoms. The standard InChI is InChI=1S/C21H23N3O3/c1-27-16-9-5-8-15(12-16)17-10-11-22-19-18(17)20(25)23-21(26)24(19)13-14-6-3-2-4-7-14/h2-9,12,17-19,22H,10-11,13H2,1H3,(H,23,25,26). The van der Waals surface area contributed by atoms with Gasteiger partial charge in [0, 0.05) is 12.5 Å². The minimum absolute atomic E-state index is 0.0257. The Morgan fingerprint density at radius 1 is 1.11 bits per heavy atom. The van der Waals surface area contributed by atoms with E-state index in [0.717, 1.165) is 29.8 Å². The Bertz CT molecular complexity index is 840. The van der Waals surface area contributed by atoms with Crippen LogP contribution in [0.3, 0.4) is 0 Å². The fourth-order valence-electron chi connectivity index (χ4n) is 4.13. The number of hydrogen-bond acceptors (Lipinski definition) is 4. The number of fused-ring (bicyclic) bond motifs is 1. The van der Waals surface area contributed by atoms with E-state index >= 15 is 0 Å². The number of carbonyl (C=O) groups is 2. The smallest absolute Gasteiger partial charge is 0.325 e. The molecule has 0 radical (unpaired) electrons. The molecule has 0 aromatic heterocycles. The van der Waals surface area contributed by atoms with Gasteiger partial charge in [0.05, 0.1) is 19.2 Å². The van der Waals surface area contributed by atoms with E-state index in [1.807, 2.05) is 54.6 Å². The van der Waals surface area contributed by atoms with Gasteiger partial charge in [-0.3, -0.25) is 15.4 Å². The van der Waals surface area contributed by atoms with Crippen molar-refractivity contribution < 1.29 is 14.3 Å². The molecule has 2 aliphatic heterocycles. The lowest BCUT2D eigenvalue weighted by Gasteiger charge is -2.46. The number of urea groups is 1. The van der Waals surface area contributed by atoms with Crippen LogP contribution in [0.4, 0.5) is 4.79 Å². The zero-order valence-electron chi connectivity index (χ0n) is 15.2. The third-order valence-electron chi connectivity index (χ3n) is 5.43. The number of nitrogens with one attached hydrogen (secondary N) is 2. The van der Waals surface area contributed by atoms with Crippen LogP contribution in [0.2, 0.25) is 0 Å². The molecule has 0 aliphatic carbocycles. The van der Waals surface area contributed by atoms with Gasteiger partial charge >= 0.3 is 6.03 Å². The molecule has 2 fully saturated rings. The molecular weight excluding hydrogens is 342 g/mol. The van der Waals surface area contributed by atoms with Gasteiger partial charge in [-0.15, -0.1) is 0 Å². The quantitative estimate of drug-likeness (QED) is 0.873. The number of piperidine rings is 1. The van der Waals surface area contributed by atoms with Crippen molar-refractivity contribution in [3.05, 3.63) is 65.7 Å². The van der Waals surface area contributed by atoms with Crippen molar-refractivity contribution in [3.63, 3.8) is 0 Å². The average molecular weight is 365 g/mol. The molecule has 27 heavy (non-hydrogen) atoms. The van der Waals surface area contributed by atoms with Crippen molar-refractivity contribution >= 4 is 11.9 Å². The largest absolute Gasteiger partial charge is 0.497 e. The number of rotatable bonds is 4. The van der Waals surface area contributed by atoms with E-state index < -0.39 is 0 Å². The molecular formula is C21H23N3O3. The molecule has 3 amide bonds. The number of carbonyl (C=O) groups excluding carboxylic acids is 2. The number of methoxy groups -OCH3 is 1. The molecule has 2 aromatic carbocycles. The summed E-state index contributed by atoms with van der Waals surface area (Å²) in [6, 6.07) is 17.3. The van der Waals surface area contributed by atoms with Gasteiger partial charge < -0.3 is 9.64 Å². The summed E-state index contributed by atoms with van der Waals surface area (Å²) in [5.74, 6) is 0.246. The van der Waals surface area contributed by atoms with Crippen LogP contribution < -0.4 is 15.4 Å². The highest BCUT2D eigenvalue weighted by atomic mass is 16.5. The molecule has 0 saturated carbocycles. The predicted molar refractivity (Wildman–Crippen MR) is 101 cm³/mol. The van der Waals surface area contributed by atoms with Gasteiger partial charge in [-0.05, 0) is 36.2 Å². The second-order valence-corrected chi connectivity index (χ2v) is 7.00. The van der Waals surface area contributed by atoms with Crippen LogP contribution in [0.1, 0.15) is 23.5 Å². The summed E-state index contributed by atoms with van der Waals surface area (Å²) in [5, 5.41) is 5.95. The predicted octanol–water partition coefficient (Wildman–Crippen LogP) is 2.47. The molecule has 2 aliphatic rings. The molecule has 3 atom stereocenters. The molecule has 2 N–H and O–H groups in total. The second kappa shape index (κ2) is 7.40. The highest BCUT2D eigenvalue weighted by molar-refractivity contribution is 5.99. The molecule has 6 nitrogen and oxygen atoms in total. The van der Waals surface area contributed by atoms with Gasteiger partial charge in [0.25, 0.3) is 0 Å². The fraction of sp³-hybridized carbons (Fsp3) is 0.333. The second-order valence-electron chi connectivity index (χ2n) is 7.00. The van der Waals surface area contributed by atoms with Gasteiger partial charge in [0.2, 0.25) is 5.91 Å². The normalized spacial score (nSPS) is 24.9. The van der Waals surface area contributed by atoms with Crippen molar-refractivity contribution in [2.45, 2.75) is 25.0 Å². The van der Waals surface area contributed by atoms with E-state index in [4.69, 9.17) is 4.74 Å². The Morgan fingerprint density at radius 3 is 2.70 bits per heavy atom. The highest BCUT2D eigenvalue weighted by Crippen LogP contribution is 2.37. The average Bonchev–Trinajstić information content (AvgIpc) is 2.71. The Hall–Kier alpha value is -2.86. The van der Waals surface area contributed by atoms with Crippen molar-refractivity contribution in [3.8, 4) is 5.75 Å². The third-order valence-corrected chi connectivity index (χ3v) is 5.43. The number of nitrogens with zero attached hydrogens (tertiary/aromatic N) is 1. The molecule has 4 rings (SSSR count). The van der Waals surface area contributed by atoms with Crippen molar-refractivity contribution in [2.24, 2.45) is 5.92 Å². The number of hydrogen-bond donors (Lipinski definition) is 2. The summed E-state index contributed by atoms with van der Waals surface area (Å²) in [6.45, 7) is 1.20. The third kappa shape index (κ3) is 3.40. The maximum Gasteiger partial charge on any atom is 0.325 e. The van der Waals surface area contributed by atoms with Crippen LogP contribution in [0, 0.1) is 5.92 Å². The van der Waals surface area contributed by atoms with Crippen LogP contribution in [-0.4, -0.2) is 36.7 Å². The maximum absolute atomic E-state index is 12.7. The fourth-order valence-corrected chi connectivity index (χ4v) is 4.13. The van der Waals surface area contributed by atoms with E-state index in [1.165, 1.54) is 0 Å². The Kier molecular flexibility index (Phi) is 4.81. The summed E-state index contributed by atoms with van der Waals surface area (Å²) in [4.78, 5) is 27.0. The van der Waals surface area contributed by atoms with Crippen molar-refractivity contribution in [1.29, 1.82) is 0 Å². The summed E-state index contributed by atoms with van der Waals surface area (Å²) < 4.78 is 5.35.